The molecular formula is C19H27IN4O3S. The van der Waals surface area contributed by atoms with Crippen molar-refractivity contribution in [1.29, 1.82) is 0 Å². The predicted octanol–water partition coefficient (Wildman–Crippen LogP) is 3.71. The van der Waals surface area contributed by atoms with E-state index in [0.717, 1.165) is 5.75 Å². The van der Waals surface area contributed by atoms with Crippen LogP contribution in [0.4, 0.5) is 5.69 Å². The van der Waals surface area contributed by atoms with E-state index in [-0.39, 0.29) is 35.8 Å². The van der Waals surface area contributed by atoms with E-state index in [0.29, 0.717) is 49.0 Å². The van der Waals surface area contributed by atoms with Crippen molar-refractivity contribution in [1.82, 2.24) is 5.32 Å². The second-order valence-corrected chi connectivity index (χ2v) is 6.45. The van der Waals surface area contributed by atoms with Crippen molar-refractivity contribution < 1.29 is 14.3 Å². The van der Waals surface area contributed by atoms with Crippen LogP contribution in [0.3, 0.4) is 0 Å². The van der Waals surface area contributed by atoms with Crippen LogP contribution in [0.1, 0.15) is 29.9 Å². The maximum atomic E-state index is 11.8. The number of nitrogens with zero attached hydrogens (tertiary/aromatic N) is 1. The van der Waals surface area contributed by atoms with Gasteiger partial charge in [-0.05, 0) is 43.8 Å². The molecule has 9 heteroatoms. The molecule has 0 saturated heterocycles. The first-order valence-electron chi connectivity index (χ1n) is 8.92. The molecule has 1 heterocycles. The Labute approximate surface area is 186 Å². The summed E-state index contributed by atoms with van der Waals surface area (Å²) in [5.41, 5.74) is 6.67. The van der Waals surface area contributed by atoms with Gasteiger partial charge in [0.1, 0.15) is 11.5 Å². The van der Waals surface area contributed by atoms with E-state index < -0.39 is 0 Å². The molecular weight excluding hydrogens is 491 g/mol. The Bertz CT molecular complexity index is 754. The predicted molar refractivity (Wildman–Crippen MR) is 126 cm³/mol. The van der Waals surface area contributed by atoms with Crippen molar-refractivity contribution in [2.24, 2.45) is 10.7 Å². The lowest BCUT2D eigenvalue weighted by atomic mass is 10.2. The molecule has 0 atom stereocenters. The van der Waals surface area contributed by atoms with Crippen LogP contribution in [0.25, 0.3) is 0 Å². The molecule has 0 unspecified atom stereocenters. The van der Waals surface area contributed by atoms with Crippen molar-refractivity contribution in [2.75, 3.05) is 31.6 Å². The number of carbonyl (C=O) groups excluding carboxylic acids is 1. The lowest BCUT2D eigenvalue weighted by Gasteiger charge is -2.14. The van der Waals surface area contributed by atoms with Crippen molar-refractivity contribution >= 4 is 52.9 Å². The van der Waals surface area contributed by atoms with E-state index in [1.807, 2.05) is 43.5 Å². The third kappa shape index (κ3) is 7.93. The number of nitrogens with two attached hydrogens (primary N) is 1. The van der Waals surface area contributed by atoms with Gasteiger partial charge in [-0.2, -0.15) is 0 Å². The molecule has 28 heavy (non-hydrogen) atoms. The van der Waals surface area contributed by atoms with Crippen LogP contribution < -0.4 is 25.8 Å². The summed E-state index contributed by atoms with van der Waals surface area (Å²) in [6, 6.07) is 9.17. The van der Waals surface area contributed by atoms with Crippen molar-refractivity contribution in [3.05, 3.63) is 40.6 Å². The zero-order chi connectivity index (χ0) is 19.5. The van der Waals surface area contributed by atoms with Crippen LogP contribution in [0.15, 0.2) is 40.7 Å². The fourth-order valence-electron chi connectivity index (χ4n) is 2.30. The van der Waals surface area contributed by atoms with Gasteiger partial charge in [0.2, 0.25) is 0 Å². The fourth-order valence-corrected chi connectivity index (χ4v) is 2.94. The maximum absolute atomic E-state index is 11.8. The number of ether oxygens (including phenoxy) is 2. The van der Waals surface area contributed by atoms with Gasteiger partial charge in [-0.25, -0.2) is 0 Å². The molecule has 0 aliphatic rings. The summed E-state index contributed by atoms with van der Waals surface area (Å²) in [5, 5.41) is 7.79. The van der Waals surface area contributed by atoms with E-state index in [9.17, 15) is 4.79 Å². The van der Waals surface area contributed by atoms with Gasteiger partial charge in [-0.1, -0.05) is 6.07 Å². The van der Waals surface area contributed by atoms with E-state index in [4.69, 9.17) is 15.2 Å². The number of thiophene rings is 1. The molecule has 4 N–H and O–H groups in total. The minimum absolute atomic E-state index is 0. The van der Waals surface area contributed by atoms with Gasteiger partial charge < -0.3 is 25.8 Å². The Balaban J connectivity index is 0.00000392. The molecule has 0 fully saturated rings. The number of carbonyl (C=O) groups is 1. The Morgan fingerprint density at radius 2 is 2.00 bits per heavy atom. The summed E-state index contributed by atoms with van der Waals surface area (Å²) in [6.07, 6.45) is 0.691. The second kappa shape index (κ2) is 13.2. The Morgan fingerprint density at radius 3 is 2.68 bits per heavy atom. The number of aliphatic imine (C=N–C) groups is 1. The number of anilines is 1. The molecule has 2 aromatic rings. The number of benzene rings is 1. The fraction of sp³-hybridized carbons (Fsp3) is 0.368. The van der Waals surface area contributed by atoms with Gasteiger partial charge in [0.25, 0.3) is 5.91 Å². The van der Waals surface area contributed by atoms with Crippen molar-refractivity contribution in [3.8, 4) is 11.5 Å². The zero-order valence-corrected chi connectivity index (χ0v) is 19.2. The molecule has 2 rings (SSSR count). The van der Waals surface area contributed by atoms with Gasteiger partial charge in [-0.15, -0.1) is 35.3 Å². The highest BCUT2D eigenvalue weighted by Gasteiger charge is 2.07. The van der Waals surface area contributed by atoms with E-state index in [1.54, 1.807) is 6.07 Å². The monoisotopic (exact) mass is 518 g/mol. The SMILES string of the molecule is CCOc1ccc(OCC)c(NC(N)=NCCCNC(=O)c2cccs2)c1.I. The zero-order valence-electron chi connectivity index (χ0n) is 16.1. The molecule has 0 aliphatic heterocycles. The highest BCUT2D eigenvalue weighted by atomic mass is 127. The van der Waals surface area contributed by atoms with Crippen LogP contribution in [0, 0.1) is 0 Å². The number of nitrogens with one attached hydrogen (secondary N) is 2. The van der Waals surface area contributed by atoms with Gasteiger partial charge in [0, 0.05) is 19.2 Å². The van der Waals surface area contributed by atoms with Gasteiger partial charge >= 0.3 is 0 Å². The average molecular weight is 518 g/mol. The minimum atomic E-state index is -0.0610. The first-order chi connectivity index (χ1) is 13.1. The lowest BCUT2D eigenvalue weighted by molar-refractivity contribution is 0.0957. The van der Waals surface area contributed by atoms with Crippen LogP contribution in [0.5, 0.6) is 11.5 Å². The third-order valence-electron chi connectivity index (χ3n) is 3.47. The number of hydrogen-bond donors (Lipinski definition) is 3. The molecule has 0 spiro atoms. The van der Waals surface area contributed by atoms with Crippen molar-refractivity contribution in [3.63, 3.8) is 0 Å². The third-order valence-corrected chi connectivity index (χ3v) is 4.34. The molecule has 0 saturated carbocycles. The van der Waals surface area contributed by atoms with Crippen molar-refractivity contribution in [2.45, 2.75) is 20.3 Å². The van der Waals surface area contributed by atoms with E-state index in [1.165, 1.54) is 11.3 Å². The highest BCUT2D eigenvalue weighted by molar-refractivity contribution is 14.0. The molecule has 1 amide bonds. The molecule has 0 radical (unpaired) electrons. The summed E-state index contributed by atoms with van der Waals surface area (Å²) in [5.74, 6) is 1.64. The first-order valence-corrected chi connectivity index (χ1v) is 9.80. The number of rotatable bonds is 10. The average Bonchev–Trinajstić information content (AvgIpc) is 3.18. The molecule has 154 valence electrons. The summed E-state index contributed by atoms with van der Waals surface area (Å²) in [7, 11) is 0. The standard InChI is InChI=1S/C19H26N4O3S.HI/c1-3-25-14-8-9-16(26-4-2)15(13-14)23-19(20)22-11-6-10-21-18(24)17-7-5-12-27-17;/h5,7-9,12-13H,3-4,6,10-11H2,1-2H3,(H,21,24)(H3,20,22,23);1H. The Hall–Kier alpha value is -2.01. The number of hydrogen-bond acceptors (Lipinski definition) is 5. The number of guanidine groups is 1. The normalized spacial score (nSPS) is 10.7. The molecule has 1 aromatic carbocycles. The van der Waals surface area contributed by atoms with Gasteiger partial charge in [0.15, 0.2) is 5.96 Å². The minimum Gasteiger partial charge on any atom is -0.494 e. The van der Waals surface area contributed by atoms with Crippen LogP contribution in [-0.4, -0.2) is 38.2 Å². The quantitative estimate of drug-likeness (QED) is 0.193. The lowest BCUT2D eigenvalue weighted by Crippen LogP contribution is -2.25. The number of amides is 1. The van der Waals surface area contributed by atoms with Crippen LogP contribution in [-0.2, 0) is 0 Å². The van der Waals surface area contributed by atoms with Crippen LogP contribution in [0.2, 0.25) is 0 Å². The molecule has 0 aliphatic carbocycles. The highest BCUT2D eigenvalue weighted by Crippen LogP contribution is 2.29. The summed E-state index contributed by atoms with van der Waals surface area (Å²) in [6.45, 7) is 6.01. The largest absolute Gasteiger partial charge is 0.494 e. The molecule has 1 aromatic heterocycles. The Kier molecular flexibility index (Phi) is 11.3. The Morgan fingerprint density at radius 1 is 1.21 bits per heavy atom. The van der Waals surface area contributed by atoms with E-state index >= 15 is 0 Å². The summed E-state index contributed by atoms with van der Waals surface area (Å²) < 4.78 is 11.1. The molecule has 0 bridgehead atoms. The molecule has 7 nitrogen and oxygen atoms in total. The second-order valence-electron chi connectivity index (χ2n) is 5.50. The van der Waals surface area contributed by atoms with E-state index in [2.05, 4.69) is 15.6 Å². The number of halogens is 1. The summed E-state index contributed by atoms with van der Waals surface area (Å²) in [4.78, 5) is 16.8. The first kappa shape index (κ1) is 24.0. The maximum Gasteiger partial charge on any atom is 0.261 e. The van der Waals surface area contributed by atoms with Crippen LogP contribution >= 0.6 is 35.3 Å². The summed E-state index contributed by atoms with van der Waals surface area (Å²) >= 11 is 1.42. The van der Waals surface area contributed by atoms with Gasteiger partial charge in [-0.3, -0.25) is 9.79 Å². The smallest absolute Gasteiger partial charge is 0.261 e. The topological polar surface area (TPSA) is 98.0 Å². The van der Waals surface area contributed by atoms with Gasteiger partial charge in [0.05, 0.1) is 23.8 Å².